The highest BCUT2D eigenvalue weighted by Gasteiger charge is 2.24. The number of hydrogen-bond donors (Lipinski definition) is 0. The molecule has 0 N–H and O–H groups in total. The monoisotopic (exact) mass is 245 g/mol. The van der Waals surface area contributed by atoms with E-state index in [4.69, 9.17) is 5.26 Å². The first-order valence-electron chi connectivity index (χ1n) is 6.43. The van der Waals surface area contributed by atoms with Gasteiger partial charge in [-0.2, -0.15) is 5.26 Å². The molecule has 1 unspecified atom stereocenters. The van der Waals surface area contributed by atoms with E-state index in [0.717, 1.165) is 32.5 Å². The van der Waals surface area contributed by atoms with Crippen LogP contribution in [-0.2, 0) is 0 Å². The fourth-order valence-electron chi connectivity index (χ4n) is 2.41. The zero-order chi connectivity index (χ0) is 13.0. The number of nitrogens with zero attached hydrogens (tertiary/aromatic N) is 5. The predicted molar refractivity (Wildman–Crippen MR) is 70.3 cm³/mol. The van der Waals surface area contributed by atoms with Crippen molar-refractivity contribution >= 4 is 5.95 Å². The van der Waals surface area contributed by atoms with Crippen LogP contribution in [0.25, 0.3) is 0 Å². The van der Waals surface area contributed by atoms with Crippen molar-refractivity contribution in [1.82, 2.24) is 14.9 Å². The van der Waals surface area contributed by atoms with Crippen molar-refractivity contribution in [3.8, 4) is 6.07 Å². The molecular weight excluding hydrogens is 226 g/mol. The fourth-order valence-corrected chi connectivity index (χ4v) is 2.41. The normalized spacial score (nSPS) is 21.4. The third-order valence-corrected chi connectivity index (χ3v) is 3.39. The van der Waals surface area contributed by atoms with Gasteiger partial charge in [-0.15, -0.1) is 0 Å². The Hall–Kier alpha value is -1.67. The number of likely N-dealkylation sites (N-methyl/N-ethyl adjacent to an activating group) is 1. The van der Waals surface area contributed by atoms with Gasteiger partial charge < -0.3 is 9.80 Å². The van der Waals surface area contributed by atoms with Crippen molar-refractivity contribution < 1.29 is 0 Å². The van der Waals surface area contributed by atoms with Crippen molar-refractivity contribution in [2.24, 2.45) is 0 Å². The zero-order valence-electron chi connectivity index (χ0n) is 11.0. The summed E-state index contributed by atoms with van der Waals surface area (Å²) in [7, 11) is 2.15. The lowest BCUT2D eigenvalue weighted by Crippen LogP contribution is -2.40. The van der Waals surface area contributed by atoms with Crippen LogP contribution in [0.15, 0.2) is 12.3 Å². The maximum absolute atomic E-state index is 8.91. The Labute approximate surface area is 108 Å². The summed E-state index contributed by atoms with van der Waals surface area (Å²) in [6.07, 6.45) is 3.83. The molecule has 0 saturated carbocycles. The van der Waals surface area contributed by atoms with Crippen molar-refractivity contribution in [2.45, 2.75) is 25.8 Å². The minimum Gasteiger partial charge on any atom is -0.336 e. The molecule has 2 rings (SSSR count). The largest absolute Gasteiger partial charge is 0.336 e. The van der Waals surface area contributed by atoms with Crippen molar-refractivity contribution in [3.05, 3.63) is 18.0 Å². The Balaban J connectivity index is 2.25. The molecule has 1 aliphatic heterocycles. The van der Waals surface area contributed by atoms with Crippen LogP contribution in [0.2, 0.25) is 0 Å². The van der Waals surface area contributed by atoms with Crippen LogP contribution in [0.1, 0.15) is 25.5 Å². The lowest BCUT2D eigenvalue weighted by Gasteiger charge is -2.30. The maximum atomic E-state index is 8.91. The van der Waals surface area contributed by atoms with Crippen molar-refractivity contribution in [1.29, 1.82) is 5.26 Å². The van der Waals surface area contributed by atoms with E-state index < -0.39 is 0 Å². The average molecular weight is 245 g/mol. The highest BCUT2D eigenvalue weighted by Crippen LogP contribution is 2.17. The molecule has 1 atom stereocenters. The molecule has 1 aliphatic rings. The summed E-state index contributed by atoms with van der Waals surface area (Å²) in [4.78, 5) is 13.2. The van der Waals surface area contributed by atoms with Gasteiger partial charge in [-0.05, 0) is 32.5 Å². The first kappa shape index (κ1) is 12.8. The number of anilines is 1. The van der Waals surface area contributed by atoms with Gasteiger partial charge >= 0.3 is 0 Å². The second-order valence-electron chi connectivity index (χ2n) is 4.72. The summed E-state index contributed by atoms with van der Waals surface area (Å²) in [6.45, 7) is 5.27. The second-order valence-corrected chi connectivity index (χ2v) is 4.72. The first-order valence-corrected chi connectivity index (χ1v) is 6.43. The lowest BCUT2D eigenvalue weighted by molar-refractivity contribution is 0.327. The van der Waals surface area contributed by atoms with Crippen LogP contribution >= 0.6 is 0 Å². The van der Waals surface area contributed by atoms with Crippen LogP contribution in [0.3, 0.4) is 0 Å². The second kappa shape index (κ2) is 5.78. The summed E-state index contributed by atoms with van der Waals surface area (Å²) in [5, 5.41) is 8.91. The van der Waals surface area contributed by atoms with E-state index in [1.54, 1.807) is 12.3 Å². The average Bonchev–Trinajstić information content (AvgIpc) is 2.60. The number of rotatable bonds is 2. The van der Waals surface area contributed by atoms with E-state index in [1.165, 1.54) is 0 Å². The smallest absolute Gasteiger partial charge is 0.226 e. The number of nitriles is 1. The Morgan fingerprint density at radius 2 is 2.33 bits per heavy atom. The fraction of sp³-hybridized carbons (Fsp3) is 0.615. The molecule has 0 aromatic carbocycles. The molecule has 0 spiro atoms. The molecule has 5 heteroatoms. The minimum atomic E-state index is 0.423. The number of hydrogen-bond acceptors (Lipinski definition) is 5. The highest BCUT2D eigenvalue weighted by atomic mass is 15.3. The molecule has 1 fully saturated rings. The van der Waals surface area contributed by atoms with E-state index in [0.29, 0.717) is 17.7 Å². The summed E-state index contributed by atoms with van der Waals surface area (Å²) in [6, 6.07) is 4.15. The van der Waals surface area contributed by atoms with Gasteiger partial charge in [0.15, 0.2) is 0 Å². The molecule has 1 aromatic heterocycles. The predicted octanol–water partition coefficient (Wildman–Crippen LogP) is 1.27. The molecule has 18 heavy (non-hydrogen) atoms. The van der Waals surface area contributed by atoms with Crippen LogP contribution < -0.4 is 4.90 Å². The first-order chi connectivity index (χ1) is 8.74. The van der Waals surface area contributed by atoms with Crippen LogP contribution in [0.5, 0.6) is 0 Å². The zero-order valence-corrected chi connectivity index (χ0v) is 11.0. The summed E-state index contributed by atoms with van der Waals surface area (Å²) in [5.41, 5.74) is 0.437. The van der Waals surface area contributed by atoms with Crippen LogP contribution in [0, 0.1) is 11.3 Å². The highest BCUT2D eigenvalue weighted by molar-refractivity contribution is 5.35. The van der Waals surface area contributed by atoms with Gasteiger partial charge in [-0.25, -0.2) is 9.97 Å². The Morgan fingerprint density at radius 1 is 1.50 bits per heavy atom. The van der Waals surface area contributed by atoms with E-state index in [2.05, 4.69) is 39.8 Å². The summed E-state index contributed by atoms with van der Waals surface area (Å²) >= 11 is 0. The van der Waals surface area contributed by atoms with Gasteiger partial charge in [0, 0.05) is 25.3 Å². The topological polar surface area (TPSA) is 56.0 Å². The standard InChI is InChI=1S/C13H19N5/c1-3-12-10-17(2)7-4-8-18(12)13-15-6-5-11(9-14)16-13/h5-6,12H,3-4,7-8,10H2,1-2H3. The SMILES string of the molecule is CCC1CN(C)CCCN1c1nccc(C#N)n1. The third kappa shape index (κ3) is 2.77. The Kier molecular flexibility index (Phi) is 4.11. The molecule has 0 bridgehead atoms. The van der Waals surface area contributed by atoms with Crippen molar-refractivity contribution in [3.63, 3.8) is 0 Å². The maximum Gasteiger partial charge on any atom is 0.226 e. The van der Waals surface area contributed by atoms with Gasteiger partial charge in [-0.1, -0.05) is 6.92 Å². The minimum absolute atomic E-state index is 0.423. The quantitative estimate of drug-likeness (QED) is 0.785. The molecular formula is C13H19N5. The summed E-state index contributed by atoms with van der Waals surface area (Å²) in [5.74, 6) is 0.691. The van der Waals surface area contributed by atoms with E-state index in [9.17, 15) is 0 Å². The van der Waals surface area contributed by atoms with E-state index in [-0.39, 0.29) is 0 Å². The lowest BCUT2D eigenvalue weighted by atomic mass is 10.2. The van der Waals surface area contributed by atoms with E-state index in [1.807, 2.05) is 0 Å². The van der Waals surface area contributed by atoms with Gasteiger partial charge in [0.25, 0.3) is 0 Å². The Bertz CT molecular complexity index is 439. The summed E-state index contributed by atoms with van der Waals surface area (Å²) < 4.78 is 0. The molecule has 0 aliphatic carbocycles. The third-order valence-electron chi connectivity index (χ3n) is 3.39. The molecule has 0 amide bonds. The van der Waals surface area contributed by atoms with Crippen LogP contribution in [0.4, 0.5) is 5.95 Å². The van der Waals surface area contributed by atoms with E-state index >= 15 is 0 Å². The molecule has 96 valence electrons. The van der Waals surface area contributed by atoms with Gasteiger partial charge in [-0.3, -0.25) is 0 Å². The molecule has 0 radical (unpaired) electrons. The Morgan fingerprint density at radius 3 is 3.06 bits per heavy atom. The molecule has 1 aromatic rings. The molecule has 5 nitrogen and oxygen atoms in total. The number of aromatic nitrogens is 2. The van der Waals surface area contributed by atoms with Crippen molar-refractivity contribution in [2.75, 3.05) is 31.6 Å². The molecule has 2 heterocycles. The van der Waals surface area contributed by atoms with Gasteiger partial charge in [0.05, 0.1) is 0 Å². The van der Waals surface area contributed by atoms with Gasteiger partial charge in [0.2, 0.25) is 5.95 Å². The van der Waals surface area contributed by atoms with Crippen LogP contribution in [-0.4, -0.2) is 47.6 Å². The van der Waals surface area contributed by atoms with Gasteiger partial charge in [0.1, 0.15) is 11.8 Å². The molecule has 1 saturated heterocycles.